The average molecular weight is 731 g/mol. The van der Waals surface area contributed by atoms with Crippen molar-refractivity contribution < 1.29 is 19.0 Å². The predicted molar refractivity (Wildman–Crippen MR) is 215 cm³/mol. The summed E-state index contributed by atoms with van der Waals surface area (Å²) in [6, 6.07) is 0. The highest BCUT2D eigenvalue weighted by molar-refractivity contribution is 5.86. The Morgan fingerprint density at radius 1 is 0.808 bits per heavy atom. The Hall–Kier alpha value is -1.03. The van der Waals surface area contributed by atoms with E-state index in [0.717, 1.165) is 97.1 Å². The third-order valence-electron chi connectivity index (χ3n) is 14.8. The first-order valence-electron chi connectivity index (χ1n) is 22.1. The number of fused-ring (bicyclic) bond motifs is 5. The maximum absolute atomic E-state index is 12.8. The Morgan fingerprint density at radius 3 is 2.15 bits per heavy atom. The van der Waals surface area contributed by atoms with E-state index < -0.39 is 0 Å². The summed E-state index contributed by atoms with van der Waals surface area (Å²) in [5, 5.41) is 0. The van der Waals surface area contributed by atoms with E-state index >= 15 is 0 Å². The molecule has 0 spiro atoms. The largest absolute Gasteiger partial charge is 0.378 e. The number of carbonyl (C=O) groups is 1. The normalized spacial score (nSPS) is 34.7. The Kier molecular flexibility index (Phi) is 18.4. The topological polar surface area (TPSA) is 126 Å². The second-order valence-electron chi connectivity index (χ2n) is 17.9. The molecule has 4 aliphatic rings. The molecule has 6 N–H and O–H groups in total. The van der Waals surface area contributed by atoms with Crippen LogP contribution in [0.3, 0.4) is 0 Å². The van der Waals surface area contributed by atoms with Crippen molar-refractivity contribution in [3.8, 4) is 0 Å². The van der Waals surface area contributed by atoms with E-state index in [1.807, 2.05) is 0 Å². The van der Waals surface area contributed by atoms with Gasteiger partial charge in [-0.3, -0.25) is 4.79 Å². The van der Waals surface area contributed by atoms with Crippen molar-refractivity contribution >= 4 is 5.91 Å². The molecule has 0 aromatic heterocycles. The van der Waals surface area contributed by atoms with E-state index in [2.05, 4.69) is 39.2 Å². The fourth-order valence-electron chi connectivity index (χ4n) is 11.9. The Balaban J connectivity index is 1.51. The molecule has 8 heteroatoms. The molecule has 0 aliphatic heterocycles. The first kappa shape index (κ1) is 43.7. The molecule has 4 saturated carbocycles. The van der Waals surface area contributed by atoms with Gasteiger partial charge >= 0.3 is 0 Å². The summed E-state index contributed by atoms with van der Waals surface area (Å²) in [6.07, 6.45) is 22.9. The Bertz CT molecular complexity index is 1050. The SMILES string of the molecule is C=CC(=O)N(CCCCCCCC)CCC[C@@H](C)[C@H]1CC[C@H]2[C@@H]3[C@H](OCCCN)C[C@@H]4C[C@H](OCCCN)CC[C@]4(C)[C@H]3C[C@H](OCCCN)[C@]12C. The zero-order valence-electron chi connectivity index (χ0n) is 34.2. The highest BCUT2D eigenvalue weighted by Crippen LogP contribution is 2.69. The van der Waals surface area contributed by atoms with Crippen molar-refractivity contribution in [1.29, 1.82) is 0 Å². The van der Waals surface area contributed by atoms with Gasteiger partial charge in [0.05, 0.1) is 18.3 Å². The molecule has 0 saturated heterocycles. The summed E-state index contributed by atoms with van der Waals surface area (Å²) in [4.78, 5) is 14.9. The summed E-state index contributed by atoms with van der Waals surface area (Å²) in [5.74, 6) is 3.53. The van der Waals surface area contributed by atoms with Crippen molar-refractivity contribution in [3.63, 3.8) is 0 Å². The van der Waals surface area contributed by atoms with Gasteiger partial charge in [-0.15, -0.1) is 0 Å². The first-order chi connectivity index (χ1) is 25.2. The smallest absolute Gasteiger partial charge is 0.245 e. The third kappa shape index (κ3) is 10.6. The molecule has 302 valence electrons. The molecule has 0 bridgehead atoms. The molecule has 0 aromatic carbocycles. The van der Waals surface area contributed by atoms with Crippen LogP contribution in [-0.4, -0.2) is 81.7 Å². The van der Waals surface area contributed by atoms with Gasteiger partial charge in [0.15, 0.2) is 0 Å². The van der Waals surface area contributed by atoms with E-state index in [-0.39, 0.29) is 28.9 Å². The number of hydrogen-bond donors (Lipinski definition) is 3. The zero-order chi connectivity index (χ0) is 37.6. The lowest BCUT2D eigenvalue weighted by molar-refractivity contribution is -0.227. The number of hydrogen-bond acceptors (Lipinski definition) is 7. The number of ether oxygens (including phenoxy) is 3. The number of unbranched alkanes of at least 4 members (excludes halogenated alkanes) is 5. The maximum Gasteiger partial charge on any atom is 0.245 e. The molecule has 52 heavy (non-hydrogen) atoms. The highest BCUT2D eigenvalue weighted by atomic mass is 16.5. The van der Waals surface area contributed by atoms with Crippen molar-refractivity contribution in [3.05, 3.63) is 12.7 Å². The van der Waals surface area contributed by atoms with E-state index in [1.165, 1.54) is 57.4 Å². The summed E-state index contributed by atoms with van der Waals surface area (Å²) < 4.78 is 20.4. The van der Waals surface area contributed by atoms with Crippen molar-refractivity contribution in [2.24, 2.45) is 63.5 Å². The lowest BCUT2D eigenvalue weighted by Crippen LogP contribution is -2.63. The van der Waals surface area contributed by atoms with Crippen molar-refractivity contribution in [2.75, 3.05) is 52.5 Å². The van der Waals surface area contributed by atoms with E-state index in [1.54, 1.807) is 0 Å². The second kappa shape index (κ2) is 21.9. The van der Waals surface area contributed by atoms with Gasteiger partial charge in [0, 0.05) is 38.3 Å². The summed E-state index contributed by atoms with van der Waals surface area (Å²) in [7, 11) is 0. The standard InChI is InChI=1S/C44H82N4O4/c1-6-8-9-10-11-12-25-48(41(49)7-2)26-13-17-33(3)36-18-19-37-42-38(32-40(44(36,37)5)52-29-16-24-47)43(4)21-20-35(50-27-14-22-45)30-34(43)31-39(42)51-28-15-23-46/h7,33-40,42H,2,6,8-32,45-47H2,1,3-5H3/t33-,34+,35-,36-,37+,38+,39-,40+,42+,43+,44-/m1/s1. The zero-order valence-corrected chi connectivity index (χ0v) is 34.2. The van der Waals surface area contributed by atoms with Crippen LogP contribution in [0.2, 0.25) is 0 Å². The first-order valence-corrected chi connectivity index (χ1v) is 22.1. The highest BCUT2D eigenvalue weighted by Gasteiger charge is 2.66. The molecule has 4 aliphatic carbocycles. The molecule has 1 amide bonds. The predicted octanol–water partition coefficient (Wildman–Crippen LogP) is 7.86. The van der Waals surface area contributed by atoms with Crippen LogP contribution in [0.4, 0.5) is 0 Å². The number of nitrogens with two attached hydrogens (primary N) is 3. The van der Waals surface area contributed by atoms with Gasteiger partial charge in [-0.05, 0) is 150 Å². The van der Waals surface area contributed by atoms with Gasteiger partial charge in [0.1, 0.15) is 0 Å². The molecule has 0 unspecified atom stereocenters. The molecule has 0 aromatic rings. The Labute approximate surface area is 319 Å². The van der Waals surface area contributed by atoms with Crippen LogP contribution < -0.4 is 17.2 Å². The van der Waals surface area contributed by atoms with Crippen molar-refractivity contribution in [1.82, 2.24) is 4.90 Å². The molecule has 0 radical (unpaired) electrons. The molecule has 4 fully saturated rings. The van der Waals surface area contributed by atoms with Crippen LogP contribution in [0.15, 0.2) is 12.7 Å². The van der Waals surface area contributed by atoms with Gasteiger partial charge in [-0.25, -0.2) is 0 Å². The van der Waals surface area contributed by atoms with Crippen molar-refractivity contribution in [2.45, 2.75) is 162 Å². The second-order valence-corrected chi connectivity index (χ2v) is 17.9. The average Bonchev–Trinajstić information content (AvgIpc) is 3.50. The lowest BCUT2D eigenvalue weighted by atomic mass is 9.43. The minimum absolute atomic E-state index is 0.0849. The van der Waals surface area contributed by atoms with Gasteiger partial charge < -0.3 is 36.3 Å². The number of carbonyl (C=O) groups excluding carboxylic acids is 1. The molecule has 0 heterocycles. The molecular weight excluding hydrogens is 649 g/mol. The quantitative estimate of drug-likeness (QED) is 0.0645. The monoisotopic (exact) mass is 731 g/mol. The number of rotatable bonds is 25. The van der Waals surface area contributed by atoms with Gasteiger partial charge in [-0.1, -0.05) is 66.4 Å². The van der Waals surface area contributed by atoms with Crippen LogP contribution in [0.1, 0.15) is 143 Å². The fourth-order valence-corrected chi connectivity index (χ4v) is 11.9. The number of amides is 1. The van der Waals surface area contributed by atoms with Crippen LogP contribution >= 0.6 is 0 Å². The number of nitrogens with zero attached hydrogens (tertiary/aromatic N) is 1. The summed E-state index contributed by atoms with van der Waals surface area (Å²) in [6.45, 7) is 19.8. The van der Waals surface area contributed by atoms with Crippen LogP contribution in [0.5, 0.6) is 0 Å². The molecule has 4 rings (SSSR count). The van der Waals surface area contributed by atoms with Crippen LogP contribution in [0.25, 0.3) is 0 Å². The molecule has 8 nitrogen and oxygen atoms in total. The van der Waals surface area contributed by atoms with E-state index in [0.29, 0.717) is 61.2 Å². The third-order valence-corrected chi connectivity index (χ3v) is 14.8. The van der Waals surface area contributed by atoms with E-state index in [9.17, 15) is 4.79 Å². The van der Waals surface area contributed by atoms with Crippen LogP contribution in [0, 0.1) is 46.3 Å². The maximum atomic E-state index is 12.8. The van der Waals surface area contributed by atoms with Gasteiger partial charge in [-0.2, -0.15) is 0 Å². The molecule has 11 atom stereocenters. The Morgan fingerprint density at radius 2 is 1.46 bits per heavy atom. The van der Waals surface area contributed by atoms with Gasteiger partial charge in [0.2, 0.25) is 5.91 Å². The lowest BCUT2D eigenvalue weighted by Gasteiger charge is -2.65. The minimum Gasteiger partial charge on any atom is -0.378 e. The van der Waals surface area contributed by atoms with Gasteiger partial charge in [0.25, 0.3) is 0 Å². The summed E-state index contributed by atoms with van der Waals surface area (Å²) >= 11 is 0. The van der Waals surface area contributed by atoms with Crippen LogP contribution in [-0.2, 0) is 19.0 Å². The molecular formula is C44H82N4O4. The summed E-state index contributed by atoms with van der Waals surface area (Å²) in [5.41, 5.74) is 18.2. The minimum atomic E-state index is 0.0849. The van der Waals surface area contributed by atoms with E-state index in [4.69, 9.17) is 31.4 Å². The fraction of sp³-hybridized carbons (Fsp3) is 0.932.